The van der Waals surface area contributed by atoms with Gasteiger partial charge in [-0.2, -0.15) is 0 Å². The number of hydrogen-bond acceptors (Lipinski definition) is 3. The topological polar surface area (TPSA) is 56.2 Å². The fourth-order valence-electron chi connectivity index (χ4n) is 3.63. The molecule has 31 heavy (non-hydrogen) atoms. The minimum Gasteiger partial charge on any atom is -0.484 e. The molecule has 1 amide bonds. The largest absolute Gasteiger partial charge is 0.484 e. The van der Waals surface area contributed by atoms with E-state index in [1.807, 2.05) is 0 Å². The Morgan fingerprint density at radius 1 is 1.03 bits per heavy atom. The van der Waals surface area contributed by atoms with E-state index in [1.54, 1.807) is 24.3 Å². The van der Waals surface area contributed by atoms with Gasteiger partial charge in [-0.05, 0) is 55.7 Å². The number of halogens is 1. The molecule has 6 heteroatoms. The van der Waals surface area contributed by atoms with Gasteiger partial charge < -0.3 is 14.6 Å². The van der Waals surface area contributed by atoms with Crippen LogP contribution in [-0.4, -0.2) is 28.6 Å². The standard InChI is InChI=1S/C25H32ClN3O2/c1-2-3-9-18-29-23-11-7-6-10-22(23)28-24(29)12-5-4-8-17-27-25(30)19-31-21-15-13-20(26)14-16-21/h6-7,10-11,13-16H,2-5,8-9,12,17-19H2,1H3,(H,27,30). The number of rotatable bonds is 13. The number of nitrogens with one attached hydrogen (secondary N) is 1. The Morgan fingerprint density at radius 3 is 2.65 bits per heavy atom. The van der Waals surface area contributed by atoms with Gasteiger partial charge in [0.2, 0.25) is 0 Å². The summed E-state index contributed by atoms with van der Waals surface area (Å²) >= 11 is 5.84. The van der Waals surface area contributed by atoms with E-state index in [0.717, 1.165) is 37.7 Å². The van der Waals surface area contributed by atoms with Crippen molar-refractivity contribution in [1.82, 2.24) is 14.9 Å². The van der Waals surface area contributed by atoms with Gasteiger partial charge >= 0.3 is 0 Å². The van der Waals surface area contributed by atoms with E-state index >= 15 is 0 Å². The summed E-state index contributed by atoms with van der Waals surface area (Å²) in [5.41, 5.74) is 2.32. The highest BCUT2D eigenvalue weighted by molar-refractivity contribution is 6.30. The van der Waals surface area contributed by atoms with Crippen LogP contribution in [0.4, 0.5) is 0 Å². The molecular formula is C25H32ClN3O2. The number of nitrogens with zero attached hydrogens (tertiary/aromatic N) is 2. The first-order chi connectivity index (χ1) is 15.2. The van der Waals surface area contributed by atoms with Crippen LogP contribution in [0.1, 0.15) is 51.3 Å². The summed E-state index contributed by atoms with van der Waals surface area (Å²) in [4.78, 5) is 16.8. The number of hydrogen-bond donors (Lipinski definition) is 1. The van der Waals surface area contributed by atoms with Gasteiger partial charge in [0, 0.05) is 24.5 Å². The molecule has 0 aliphatic heterocycles. The first kappa shape index (κ1) is 23.1. The Kier molecular flexibility index (Phi) is 9.22. The molecule has 0 bridgehead atoms. The summed E-state index contributed by atoms with van der Waals surface area (Å²) in [6, 6.07) is 15.4. The van der Waals surface area contributed by atoms with E-state index in [-0.39, 0.29) is 12.5 Å². The molecule has 0 radical (unpaired) electrons. The van der Waals surface area contributed by atoms with Gasteiger partial charge in [0.25, 0.3) is 5.91 Å². The highest BCUT2D eigenvalue weighted by Crippen LogP contribution is 2.19. The van der Waals surface area contributed by atoms with Crippen molar-refractivity contribution >= 4 is 28.5 Å². The lowest BCUT2D eigenvalue weighted by atomic mass is 10.2. The Hall–Kier alpha value is -2.53. The Balaban J connectivity index is 1.36. The zero-order valence-corrected chi connectivity index (χ0v) is 19.0. The number of amides is 1. The second kappa shape index (κ2) is 12.4. The average molecular weight is 442 g/mol. The number of aromatic nitrogens is 2. The number of para-hydroxylation sites is 2. The normalized spacial score (nSPS) is 11.0. The molecule has 166 valence electrons. The molecule has 0 atom stereocenters. The number of ether oxygens (including phenoxy) is 1. The number of carbonyl (C=O) groups excluding carboxylic acids is 1. The third-order valence-electron chi connectivity index (χ3n) is 5.30. The maximum Gasteiger partial charge on any atom is 0.257 e. The van der Waals surface area contributed by atoms with Crippen molar-refractivity contribution in [3.8, 4) is 5.75 Å². The predicted molar refractivity (Wildman–Crippen MR) is 127 cm³/mol. The molecule has 0 aliphatic rings. The van der Waals surface area contributed by atoms with Crippen molar-refractivity contribution in [1.29, 1.82) is 0 Å². The first-order valence-corrected chi connectivity index (χ1v) is 11.6. The average Bonchev–Trinajstić information content (AvgIpc) is 3.13. The van der Waals surface area contributed by atoms with Crippen molar-refractivity contribution in [2.75, 3.05) is 13.2 Å². The van der Waals surface area contributed by atoms with Crippen molar-refractivity contribution < 1.29 is 9.53 Å². The van der Waals surface area contributed by atoms with E-state index in [4.69, 9.17) is 21.3 Å². The van der Waals surface area contributed by atoms with Crippen LogP contribution in [0, 0.1) is 0 Å². The van der Waals surface area contributed by atoms with Gasteiger partial charge in [-0.3, -0.25) is 4.79 Å². The summed E-state index contributed by atoms with van der Waals surface area (Å²) in [5, 5.41) is 3.57. The van der Waals surface area contributed by atoms with Crippen molar-refractivity contribution in [2.24, 2.45) is 0 Å². The number of imidazole rings is 1. The van der Waals surface area contributed by atoms with Crippen LogP contribution in [0.5, 0.6) is 5.75 Å². The Bertz CT molecular complexity index is 953. The van der Waals surface area contributed by atoms with Gasteiger partial charge in [0.15, 0.2) is 6.61 Å². The number of unbranched alkanes of at least 4 members (excludes halogenated alkanes) is 4. The van der Waals surface area contributed by atoms with E-state index in [0.29, 0.717) is 17.3 Å². The molecule has 0 saturated carbocycles. The first-order valence-electron chi connectivity index (χ1n) is 11.3. The maximum atomic E-state index is 11.9. The minimum absolute atomic E-state index is 0.0173. The van der Waals surface area contributed by atoms with Gasteiger partial charge in [-0.1, -0.05) is 49.9 Å². The second-order valence-electron chi connectivity index (χ2n) is 7.78. The van der Waals surface area contributed by atoms with E-state index in [9.17, 15) is 4.79 Å². The molecule has 3 rings (SSSR count). The monoisotopic (exact) mass is 441 g/mol. The van der Waals surface area contributed by atoms with Crippen LogP contribution in [0.3, 0.4) is 0 Å². The van der Waals surface area contributed by atoms with Gasteiger partial charge in [-0.25, -0.2) is 4.98 Å². The highest BCUT2D eigenvalue weighted by Gasteiger charge is 2.10. The van der Waals surface area contributed by atoms with E-state index < -0.39 is 0 Å². The Labute approximate surface area is 189 Å². The quantitative estimate of drug-likeness (QED) is 0.341. The van der Waals surface area contributed by atoms with E-state index in [1.165, 1.54) is 30.6 Å². The fourth-order valence-corrected chi connectivity index (χ4v) is 3.76. The van der Waals surface area contributed by atoms with E-state index in [2.05, 4.69) is 41.1 Å². The molecule has 0 spiro atoms. The van der Waals surface area contributed by atoms with Crippen LogP contribution >= 0.6 is 11.6 Å². The lowest BCUT2D eigenvalue weighted by molar-refractivity contribution is -0.123. The summed E-state index contributed by atoms with van der Waals surface area (Å²) in [6.07, 6.45) is 7.68. The van der Waals surface area contributed by atoms with Crippen molar-refractivity contribution in [3.05, 3.63) is 59.4 Å². The zero-order valence-electron chi connectivity index (χ0n) is 18.3. The molecule has 0 fully saturated rings. The minimum atomic E-state index is -0.104. The van der Waals surface area contributed by atoms with Crippen LogP contribution in [0.25, 0.3) is 11.0 Å². The molecule has 0 saturated heterocycles. The van der Waals surface area contributed by atoms with Gasteiger partial charge in [0.05, 0.1) is 11.0 Å². The van der Waals surface area contributed by atoms with Crippen LogP contribution in [0.15, 0.2) is 48.5 Å². The summed E-state index contributed by atoms with van der Waals surface area (Å²) in [6.45, 7) is 3.95. The number of benzene rings is 2. The van der Waals surface area contributed by atoms with Crippen LogP contribution in [0.2, 0.25) is 5.02 Å². The second-order valence-corrected chi connectivity index (χ2v) is 8.22. The van der Waals surface area contributed by atoms with Crippen LogP contribution < -0.4 is 10.1 Å². The van der Waals surface area contributed by atoms with Gasteiger partial charge in [-0.15, -0.1) is 0 Å². The summed E-state index contributed by atoms with van der Waals surface area (Å²) in [5.74, 6) is 1.71. The molecule has 0 unspecified atom stereocenters. The maximum absolute atomic E-state index is 11.9. The predicted octanol–water partition coefficient (Wildman–Crippen LogP) is 5.79. The third kappa shape index (κ3) is 7.28. The smallest absolute Gasteiger partial charge is 0.257 e. The molecule has 0 aliphatic carbocycles. The Morgan fingerprint density at radius 2 is 1.84 bits per heavy atom. The van der Waals surface area contributed by atoms with Crippen LogP contribution in [-0.2, 0) is 17.8 Å². The molecule has 1 heterocycles. The molecule has 1 N–H and O–H groups in total. The lowest BCUT2D eigenvalue weighted by Gasteiger charge is -2.09. The molecule has 5 nitrogen and oxygen atoms in total. The third-order valence-corrected chi connectivity index (χ3v) is 5.55. The van der Waals surface area contributed by atoms with Crippen molar-refractivity contribution in [2.45, 2.75) is 58.4 Å². The summed E-state index contributed by atoms with van der Waals surface area (Å²) < 4.78 is 7.85. The van der Waals surface area contributed by atoms with Gasteiger partial charge in [0.1, 0.15) is 11.6 Å². The summed E-state index contributed by atoms with van der Waals surface area (Å²) in [7, 11) is 0. The highest BCUT2D eigenvalue weighted by atomic mass is 35.5. The number of aryl methyl sites for hydroxylation is 2. The number of carbonyl (C=O) groups is 1. The fraction of sp³-hybridized carbons (Fsp3) is 0.440. The van der Waals surface area contributed by atoms with Crippen molar-refractivity contribution in [3.63, 3.8) is 0 Å². The molecule has 2 aromatic carbocycles. The SMILES string of the molecule is CCCCCn1c(CCCCCNC(=O)COc2ccc(Cl)cc2)nc2ccccc21. The zero-order chi connectivity index (χ0) is 21.9. The molecular weight excluding hydrogens is 410 g/mol. The molecule has 3 aromatic rings. The lowest BCUT2D eigenvalue weighted by Crippen LogP contribution is -2.29. The number of fused-ring (bicyclic) bond motifs is 1. The molecule has 1 aromatic heterocycles.